The predicted molar refractivity (Wildman–Crippen MR) is 200 cm³/mol. The molecule has 0 radical (unpaired) electrons. The SMILES string of the molecule is CC(C)CC(=O)N1CCC[C@H]1c1nc2ccc(-c3ccc4cc(-c5ccc6nc([C@@H]7CCCN7C(=O)CC(C)C)[nH]c6c5)ccc4c3)cc2[nH]1. The van der Waals surface area contributed by atoms with Gasteiger partial charge in [-0.3, -0.25) is 9.59 Å². The average molecular weight is 667 g/mol. The molecule has 0 bridgehead atoms. The van der Waals surface area contributed by atoms with Crippen molar-refractivity contribution < 1.29 is 9.59 Å². The average Bonchev–Trinajstić information content (AvgIpc) is 3.91. The lowest BCUT2D eigenvalue weighted by Gasteiger charge is -2.24. The standard InChI is InChI=1S/C42H46N6O2/c1-25(2)19-39(49)47-17-5-7-37(47)41-43-33-15-13-31(23-35(33)45-41)29-11-9-28-22-30(12-10-27(28)21-29)32-14-16-34-36(24-32)46-42(44-34)38-8-6-18-48(38)40(50)20-26(3)4/h9-16,21-26,37-38H,5-8,17-20H2,1-4H3,(H,43,45)(H,44,46)/t37-,38-/m0/s1. The summed E-state index contributed by atoms with van der Waals surface area (Å²) in [7, 11) is 0. The first-order chi connectivity index (χ1) is 24.2. The number of likely N-dealkylation sites (tertiary alicyclic amines) is 2. The largest absolute Gasteiger partial charge is 0.340 e. The van der Waals surface area contributed by atoms with Crippen LogP contribution in [0.25, 0.3) is 55.1 Å². The lowest BCUT2D eigenvalue weighted by atomic mass is 9.97. The molecule has 2 N–H and O–H groups in total. The van der Waals surface area contributed by atoms with Crippen LogP contribution in [0.3, 0.4) is 0 Å². The molecule has 0 unspecified atom stereocenters. The fraction of sp³-hybridized carbons (Fsp3) is 0.381. The van der Waals surface area contributed by atoms with Gasteiger partial charge in [-0.15, -0.1) is 0 Å². The third kappa shape index (κ3) is 6.16. The van der Waals surface area contributed by atoms with Gasteiger partial charge in [0.15, 0.2) is 0 Å². The minimum Gasteiger partial charge on any atom is -0.340 e. The maximum absolute atomic E-state index is 12.9. The van der Waals surface area contributed by atoms with Gasteiger partial charge in [-0.1, -0.05) is 64.1 Å². The first kappa shape index (κ1) is 32.2. The molecule has 2 aliphatic heterocycles. The van der Waals surface area contributed by atoms with E-state index in [1.54, 1.807) is 0 Å². The van der Waals surface area contributed by atoms with Crippen molar-refractivity contribution in [1.82, 2.24) is 29.7 Å². The fourth-order valence-corrected chi connectivity index (χ4v) is 7.97. The van der Waals surface area contributed by atoms with Gasteiger partial charge >= 0.3 is 0 Å². The molecule has 50 heavy (non-hydrogen) atoms. The molecule has 4 aromatic carbocycles. The highest BCUT2D eigenvalue weighted by Crippen LogP contribution is 2.36. The van der Waals surface area contributed by atoms with Crippen LogP contribution in [-0.4, -0.2) is 54.6 Å². The molecule has 0 saturated carbocycles. The van der Waals surface area contributed by atoms with Crippen LogP contribution < -0.4 is 0 Å². The Labute approximate surface area is 293 Å². The Morgan fingerprint density at radius 2 is 1.02 bits per heavy atom. The highest BCUT2D eigenvalue weighted by Gasteiger charge is 2.33. The summed E-state index contributed by atoms with van der Waals surface area (Å²) in [6, 6.07) is 26.1. The van der Waals surface area contributed by atoms with Crippen LogP contribution in [0.4, 0.5) is 0 Å². The zero-order valence-electron chi connectivity index (χ0n) is 29.5. The Kier molecular flexibility index (Phi) is 8.41. The number of nitrogens with zero attached hydrogens (tertiary/aromatic N) is 4. The number of benzene rings is 4. The number of imidazole rings is 2. The van der Waals surface area contributed by atoms with Crippen LogP contribution >= 0.6 is 0 Å². The summed E-state index contributed by atoms with van der Waals surface area (Å²) in [4.78, 5) is 46.8. The molecular formula is C42H46N6O2. The van der Waals surface area contributed by atoms with Gasteiger partial charge in [0.2, 0.25) is 11.8 Å². The van der Waals surface area contributed by atoms with E-state index in [1.165, 1.54) is 10.8 Å². The number of hydrogen-bond acceptors (Lipinski definition) is 4. The van der Waals surface area contributed by atoms with Crippen molar-refractivity contribution in [2.24, 2.45) is 11.8 Å². The van der Waals surface area contributed by atoms with Gasteiger partial charge in [0.25, 0.3) is 0 Å². The number of rotatable bonds is 8. The molecule has 2 atom stereocenters. The molecule has 2 saturated heterocycles. The maximum Gasteiger partial charge on any atom is 0.223 e. The molecule has 0 spiro atoms. The fourth-order valence-electron chi connectivity index (χ4n) is 7.97. The predicted octanol–water partition coefficient (Wildman–Crippen LogP) is 9.35. The molecule has 2 amide bonds. The number of carbonyl (C=O) groups excluding carboxylic acids is 2. The highest BCUT2D eigenvalue weighted by molar-refractivity contribution is 5.93. The van der Waals surface area contributed by atoms with E-state index in [1.807, 2.05) is 9.80 Å². The molecule has 6 aromatic rings. The normalized spacial score (nSPS) is 18.1. The van der Waals surface area contributed by atoms with Gasteiger partial charge in [0.1, 0.15) is 11.6 Å². The van der Waals surface area contributed by atoms with Gasteiger partial charge in [0, 0.05) is 25.9 Å². The van der Waals surface area contributed by atoms with Crippen LogP contribution in [0.5, 0.6) is 0 Å². The summed E-state index contributed by atoms with van der Waals surface area (Å²) in [6.07, 6.45) is 5.06. The zero-order chi connectivity index (χ0) is 34.5. The second-order valence-corrected chi connectivity index (χ2v) is 15.2. The van der Waals surface area contributed by atoms with E-state index < -0.39 is 0 Å². The number of nitrogens with one attached hydrogen (secondary N) is 2. The quantitative estimate of drug-likeness (QED) is 0.169. The molecule has 256 valence electrons. The molecule has 2 fully saturated rings. The number of aromatic nitrogens is 4. The number of amides is 2. The van der Waals surface area contributed by atoms with Gasteiger partial charge < -0.3 is 19.8 Å². The monoisotopic (exact) mass is 666 g/mol. The Balaban J connectivity index is 1.02. The Hall–Kier alpha value is -4.98. The van der Waals surface area contributed by atoms with Crippen molar-refractivity contribution in [2.45, 2.75) is 78.3 Å². The number of aromatic amines is 2. The number of H-pyrrole nitrogens is 2. The highest BCUT2D eigenvalue weighted by atomic mass is 16.2. The first-order valence-electron chi connectivity index (χ1n) is 18.3. The summed E-state index contributed by atoms with van der Waals surface area (Å²) in [6.45, 7) is 9.99. The van der Waals surface area contributed by atoms with E-state index in [4.69, 9.17) is 9.97 Å². The van der Waals surface area contributed by atoms with Crippen LogP contribution in [0.15, 0.2) is 72.8 Å². The smallest absolute Gasteiger partial charge is 0.223 e. The molecule has 8 nitrogen and oxygen atoms in total. The van der Waals surface area contributed by atoms with E-state index in [9.17, 15) is 9.59 Å². The Morgan fingerprint density at radius 3 is 1.44 bits per heavy atom. The summed E-state index contributed by atoms with van der Waals surface area (Å²) < 4.78 is 0. The van der Waals surface area contributed by atoms with E-state index in [-0.39, 0.29) is 23.9 Å². The van der Waals surface area contributed by atoms with Gasteiger partial charge in [0.05, 0.1) is 34.2 Å². The third-order valence-corrected chi connectivity index (χ3v) is 10.5. The van der Waals surface area contributed by atoms with Gasteiger partial charge in [-0.25, -0.2) is 9.97 Å². The topological polar surface area (TPSA) is 98.0 Å². The van der Waals surface area contributed by atoms with Crippen molar-refractivity contribution in [3.8, 4) is 22.3 Å². The lowest BCUT2D eigenvalue weighted by Crippen LogP contribution is -2.31. The molecule has 2 aromatic heterocycles. The number of carbonyl (C=O) groups is 2. The third-order valence-electron chi connectivity index (χ3n) is 10.5. The van der Waals surface area contributed by atoms with Crippen molar-refractivity contribution in [3.05, 3.63) is 84.4 Å². The first-order valence-corrected chi connectivity index (χ1v) is 18.3. The van der Waals surface area contributed by atoms with Gasteiger partial charge in [-0.05, 0) is 107 Å². The van der Waals surface area contributed by atoms with Crippen molar-refractivity contribution in [3.63, 3.8) is 0 Å². The summed E-state index contributed by atoms with van der Waals surface area (Å²) >= 11 is 0. The summed E-state index contributed by atoms with van der Waals surface area (Å²) in [5.74, 6) is 2.91. The molecule has 2 aliphatic rings. The molecule has 8 rings (SSSR count). The maximum atomic E-state index is 12.9. The Morgan fingerprint density at radius 1 is 0.620 bits per heavy atom. The summed E-state index contributed by atoms with van der Waals surface area (Å²) in [5.41, 5.74) is 8.41. The van der Waals surface area contributed by atoms with E-state index in [2.05, 4.69) is 110 Å². The van der Waals surface area contributed by atoms with Crippen molar-refractivity contribution in [2.75, 3.05) is 13.1 Å². The van der Waals surface area contributed by atoms with Crippen molar-refractivity contribution >= 4 is 44.7 Å². The molecule has 4 heterocycles. The van der Waals surface area contributed by atoms with E-state index >= 15 is 0 Å². The van der Waals surface area contributed by atoms with Crippen LogP contribution in [0, 0.1) is 11.8 Å². The zero-order valence-corrected chi connectivity index (χ0v) is 29.5. The molecular weight excluding hydrogens is 621 g/mol. The second kappa shape index (κ2) is 13.0. The van der Waals surface area contributed by atoms with Crippen LogP contribution in [0.2, 0.25) is 0 Å². The minimum atomic E-state index is 0.0193. The van der Waals surface area contributed by atoms with E-state index in [0.717, 1.165) is 94.7 Å². The number of fused-ring (bicyclic) bond motifs is 3. The molecule has 8 heteroatoms. The lowest BCUT2D eigenvalue weighted by molar-refractivity contribution is -0.133. The summed E-state index contributed by atoms with van der Waals surface area (Å²) in [5, 5.41) is 2.36. The van der Waals surface area contributed by atoms with Gasteiger partial charge in [-0.2, -0.15) is 0 Å². The van der Waals surface area contributed by atoms with Crippen LogP contribution in [0.1, 0.15) is 90.0 Å². The van der Waals surface area contributed by atoms with Crippen molar-refractivity contribution in [1.29, 1.82) is 0 Å². The second-order valence-electron chi connectivity index (χ2n) is 15.2. The Bertz CT molecular complexity index is 2070. The molecule has 0 aliphatic carbocycles. The van der Waals surface area contributed by atoms with E-state index in [0.29, 0.717) is 24.7 Å². The van der Waals surface area contributed by atoms with Crippen LogP contribution in [-0.2, 0) is 9.59 Å². The minimum absolute atomic E-state index is 0.0193. The number of hydrogen-bond donors (Lipinski definition) is 2.